The van der Waals surface area contributed by atoms with Crippen LogP contribution in [-0.2, 0) is 0 Å². The van der Waals surface area contributed by atoms with Gasteiger partial charge in [0.25, 0.3) is 5.91 Å². The molecule has 152 valence electrons. The third-order valence-electron chi connectivity index (χ3n) is 4.86. The highest BCUT2D eigenvalue weighted by Crippen LogP contribution is 2.24. The highest BCUT2D eigenvalue weighted by atomic mass is 16.1. The van der Waals surface area contributed by atoms with Crippen molar-refractivity contribution in [2.24, 2.45) is 0 Å². The maximum Gasteiger partial charge on any atom is 0.251 e. The lowest BCUT2D eigenvalue weighted by atomic mass is 10.1. The minimum atomic E-state index is -0.127. The number of carbonyl (C=O) groups is 1. The van der Waals surface area contributed by atoms with Gasteiger partial charge in [0.15, 0.2) is 5.65 Å². The average molecular weight is 400 g/mol. The number of rotatable bonds is 7. The van der Waals surface area contributed by atoms with Gasteiger partial charge < -0.3 is 10.6 Å². The smallest absolute Gasteiger partial charge is 0.251 e. The van der Waals surface area contributed by atoms with Crippen LogP contribution < -0.4 is 10.6 Å². The molecule has 3 heterocycles. The van der Waals surface area contributed by atoms with Crippen LogP contribution in [0.4, 0.5) is 0 Å². The van der Waals surface area contributed by atoms with Crippen LogP contribution in [0.15, 0.2) is 67.1 Å². The van der Waals surface area contributed by atoms with Crippen LogP contribution >= 0.6 is 0 Å². The number of likely N-dealkylation sites (N-methyl/N-ethyl adjacent to an activating group) is 1. The van der Waals surface area contributed by atoms with Gasteiger partial charge in [-0.25, -0.2) is 9.50 Å². The number of fused-ring (bicyclic) bond motifs is 1. The zero-order chi connectivity index (χ0) is 20.9. The first kappa shape index (κ1) is 19.7. The summed E-state index contributed by atoms with van der Waals surface area (Å²) in [7, 11) is 0. The molecule has 1 amide bonds. The highest BCUT2D eigenvalue weighted by Gasteiger charge is 2.14. The zero-order valence-corrected chi connectivity index (χ0v) is 17.0. The lowest BCUT2D eigenvalue weighted by Crippen LogP contribution is -2.38. The molecule has 2 N–H and O–H groups in total. The Hall–Kier alpha value is -3.58. The second-order valence-electron chi connectivity index (χ2n) is 7.10. The standard InChI is InChI=1S/C23H24N6O/c1-3-24-16(2)14-26-23(30)18-9-11-25-21(13-18)19-15-27-29-12-10-20(28-22(19)29)17-7-5-4-6-8-17/h4-13,15-16,24H,3,14H2,1-2H3,(H,26,30). The van der Waals surface area contributed by atoms with E-state index in [9.17, 15) is 4.79 Å². The molecule has 1 aromatic carbocycles. The van der Waals surface area contributed by atoms with E-state index in [-0.39, 0.29) is 11.9 Å². The summed E-state index contributed by atoms with van der Waals surface area (Å²) in [5.74, 6) is -0.127. The molecule has 4 rings (SSSR count). The van der Waals surface area contributed by atoms with Gasteiger partial charge >= 0.3 is 0 Å². The molecular formula is C23H24N6O. The molecule has 1 atom stereocenters. The molecule has 0 aliphatic heterocycles. The van der Waals surface area contributed by atoms with Crippen molar-refractivity contribution in [2.75, 3.05) is 13.1 Å². The van der Waals surface area contributed by atoms with Gasteiger partial charge in [-0.2, -0.15) is 5.10 Å². The summed E-state index contributed by atoms with van der Waals surface area (Å²) >= 11 is 0. The fourth-order valence-corrected chi connectivity index (χ4v) is 3.31. The van der Waals surface area contributed by atoms with Crippen LogP contribution in [0, 0.1) is 0 Å². The second-order valence-corrected chi connectivity index (χ2v) is 7.10. The van der Waals surface area contributed by atoms with E-state index in [4.69, 9.17) is 4.98 Å². The van der Waals surface area contributed by atoms with Crippen LogP contribution in [0.3, 0.4) is 0 Å². The fourth-order valence-electron chi connectivity index (χ4n) is 3.31. The van der Waals surface area contributed by atoms with E-state index < -0.39 is 0 Å². The predicted octanol–water partition coefficient (Wildman–Crippen LogP) is 3.19. The number of pyridine rings is 1. The van der Waals surface area contributed by atoms with Crippen LogP contribution in [0.2, 0.25) is 0 Å². The molecule has 30 heavy (non-hydrogen) atoms. The van der Waals surface area contributed by atoms with E-state index in [1.807, 2.05) is 56.4 Å². The van der Waals surface area contributed by atoms with Gasteiger partial charge in [0.2, 0.25) is 0 Å². The largest absolute Gasteiger partial charge is 0.350 e. The van der Waals surface area contributed by atoms with Crippen molar-refractivity contribution in [2.45, 2.75) is 19.9 Å². The Labute approximate surface area is 175 Å². The third-order valence-corrected chi connectivity index (χ3v) is 4.86. The maximum atomic E-state index is 12.6. The van der Waals surface area contributed by atoms with Gasteiger partial charge in [0.05, 0.1) is 23.1 Å². The molecule has 0 bridgehead atoms. The van der Waals surface area contributed by atoms with E-state index in [0.29, 0.717) is 23.4 Å². The van der Waals surface area contributed by atoms with Crippen molar-refractivity contribution in [3.05, 3.63) is 72.7 Å². The molecule has 7 nitrogen and oxygen atoms in total. The number of hydrogen-bond donors (Lipinski definition) is 2. The first-order valence-corrected chi connectivity index (χ1v) is 10.0. The summed E-state index contributed by atoms with van der Waals surface area (Å²) in [4.78, 5) is 21.8. The van der Waals surface area contributed by atoms with Crippen molar-refractivity contribution in [1.29, 1.82) is 0 Å². The first-order chi connectivity index (χ1) is 14.7. The molecule has 0 fully saturated rings. The van der Waals surface area contributed by atoms with E-state index in [0.717, 1.165) is 23.4 Å². The molecular weight excluding hydrogens is 376 g/mol. The van der Waals surface area contributed by atoms with Crippen LogP contribution in [0.25, 0.3) is 28.2 Å². The molecule has 0 aliphatic carbocycles. The molecule has 7 heteroatoms. The summed E-state index contributed by atoms with van der Waals surface area (Å²) < 4.78 is 1.72. The van der Waals surface area contributed by atoms with Crippen LogP contribution in [-0.4, -0.2) is 44.6 Å². The Morgan fingerprint density at radius 1 is 1.13 bits per heavy atom. The second kappa shape index (κ2) is 8.84. The summed E-state index contributed by atoms with van der Waals surface area (Å²) in [5, 5.41) is 10.6. The summed E-state index contributed by atoms with van der Waals surface area (Å²) in [6.45, 7) is 5.50. The van der Waals surface area contributed by atoms with Crippen LogP contribution in [0.1, 0.15) is 24.2 Å². The predicted molar refractivity (Wildman–Crippen MR) is 117 cm³/mol. The minimum Gasteiger partial charge on any atom is -0.350 e. The Bertz CT molecular complexity index is 1150. The number of aromatic nitrogens is 4. The summed E-state index contributed by atoms with van der Waals surface area (Å²) in [6.07, 6.45) is 5.25. The number of hydrogen-bond acceptors (Lipinski definition) is 5. The lowest BCUT2D eigenvalue weighted by Gasteiger charge is -2.13. The van der Waals surface area contributed by atoms with Gasteiger partial charge in [-0.15, -0.1) is 0 Å². The average Bonchev–Trinajstić information content (AvgIpc) is 3.21. The number of nitrogens with zero attached hydrogens (tertiary/aromatic N) is 4. The molecule has 4 aromatic rings. The maximum absolute atomic E-state index is 12.6. The van der Waals surface area contributed by atoms with Gasteiger partial charge in [-0.3, -0.25) is 9.78 Å². The molecule has 3 aromatic heterocycles. The van der Waals surface area contributed by atoms with Gasteiger partial charge in [-0.05, 0) is 31.7 Å². The van der Waals surface area contributed by atoms with Crippen molar-refractivity contribution >= 4 is 11.6 Å². The molecule has 0 spiro atoms. The number of nitrogens with one attached hydrogen (secondary N) is 2. The zero-order valence-electron chi connectivity index (χ0n) is 17.0. The number of benzene rings is 1. The van der Waals surface area contributed by atoms with Crippen molar-refractivity contribution in [3.63, 3.8) is 0 Å². The van der Waals surface area contributed by atoms with E-state index in [1.165, 1.54) is 0 Å². The Kier molecular flexibility index (Phi) is 5.81. The Morgan fingerprint density at radius 3 is 2.77 bits per heavy atom. The van der Waals surface area contributed by atoms with Gasteiger partial charge in [0.1, 0.15) is 0 Å². The fraction of sp³-hybridized carbons (Fsp3) is 0.217. The monoisotopic (exact) mass is 400 g/mol. The van der Waals surface area contributed by atoms with Crippen molar-refractivity contribution in [3.8, 4) is 22.5 Å². The van der Waals surface area contributed by atoms with Crippen molar-refractivity contribution < 1.29 is 4.79 Å². The van der Waals surface area contributed by atoms with Crippen LogP contribution in [0.5, 0.6) is 0 Å². The highest BCUT2D eigenvalue weighted by molar-refractivity contribution is 5.95. The van der Waals surface area contributed by atoms with Crippen molar-refractivity contribution in [1.82, 2.24) is 30.2 Å². The summed E-state index contributed by atoms with van der Waals surface area (Å²) in [6, 6.07) is 15.6. The van der Waals surface area contributed by atoms with Gasteiger partial charge in [0, 0.05) is 36.1 Å². The third kappa shape index (κ3) is 4.21. The van der Waals surface area contributed by atoms with Gasteiger partial charge in [-0.1, -0.05) is 37.3 Å². The summed E-state index contributed by atoms with van der Waals surface area (Å²) in [5.41, 5.74) is 4.59. The number of amides is 1. The first-order valence-electron chi connectivity index (χ1n) is 10.0. The molecule has 0 radical (unpaired) electrons. The SMILES string of the molecule is CCNC(C)CNC(=O)c1ccnc(-c2cnn3ccc(-c4ccccc4)nc23)c1. The topological polar surface area (TPSA) is 84.2 Å². The number of carbonyl (C=O) groups excluding carboxylic acids is 1. The molecule has 0 saturated heterocycles. The van der Waals surface area contributed by atoms with E-state index >= 15 is 0 Å². The Balaban J connectivity index is 1.63. The van der Waals surface area contributed by atoms with E-state index in [1.54, 1.807) is 29.0 Å². The Morgan fingerprint density at radius 2 is 1.97 bits per heavy atom. The molecule has 0 saturated carbocycles. The van der Waals surface area contributed by atoms with E-state index in [2.05, 4.69) is 20.7 Å². The molecule has 1 unspecified atom stereocenters. The minimum absolute atomic E-state index is 0.127. The molecule has 0 aliphatic rings. The quantitative estimate of drug-likeness (QED) is 0.498. The normalized spacial score (nSPS) is 12.1. The lowest BCUT2D eigenvalue weighted by molar-refractivity contribution is 0.0950.